The molecule has 0 saturated carbocycles. The maximum absolute atomic E-state index is 13.1. The topological polar surface area (TPSA) is 56.6 Å². The van der Waals surface area contributed by atoms with E-state index in [1.807, 2.05) is 33.8 Å². The van der Waals surface area contributed by atoms with E-state index < -0.39 is 36.3 Å². The first-order chi connectivity index (χ1) is 12.0. The molecule has 142 valence electrons. The average molecular weight is 367 g/mol. The van der Waals surface area contributed by atoms with Gasteiger partial charge in [-0.15, -0.1) is 0 Å². The molecule has 0 N–H and O–H groups in total. The van der Waals surface area contributed by atoms with E-state index in [0.29, 0.717) is 19.5 Å². The highest BCUT2D eigenvalue weighted by molar-refractivity contribution is 6.54. The maximum atomic E-state index is 13.1. The molecule has 1 fully saturated rings. The Morgan fingerprint density at radius 2 is 1.88 bits per heavy atom. The number of hydrogen-bond acceptors (Lipinski definition) is 4. The Morgan fingerprint density at radius 3 is 2.38 bits per heavy atom. The number of aromatic nitrogens is 2. The van der Waals surface area contributed by atoms with E-state index in [4.69, 9.17) is 9.31 Å². The zero-order chi connectivity index (χ0) is 19.3. The SMILES string of the molecule is Cn1cc(C(=O)N2CC=C(B3OC(C)(C)C(C)(C)O3)CC2)c(C(F)F)n1. The molecule has 0 spiro atoms. The van der Waals surface area contributed by atoms with Crippen LogP contribution in [0.5, 0.6) is 0 Å². The Morgan fingerprint density at radius 1 is 1.27 bits per heavy atom. The lowest BCUT2D eigenvalue weighted by Gasteiger charge is -2.32. The molecular weight excluding hydrogens is 343 g/mol. The standard InChI is InChI=1S/C17H24BF2N3O3/c1-16(2)17(3,4)26-18(25-16)11-6-8-23(9-7-11)15(24)12-10-22(5)21-13(12)14(19)20/h6,10,14H,7-9H2,1-5H3. The van der Waals surface area contributed by atoms with Crippen molar-refractivity contribution < 1.29 is 22.9 Å². The van der Waals surface area contributed by atoms with Crippen molar-refractivity contribution in [2.24, 2.45) is 7.05 Å². The summed E-state index contributed by atoms with van der Waals surface area (Å²) in [5.74, 6) is -0.433. The molecule has 0 aromatic carbocycles. The van der Waals surface area contributed by atoms with Crippen LogP contribution >= 0.6 is 0 Å². The van der Waals surface area contributed by atoms with Crippen LogP contribution in [-0.4, -0.2) is 52.0 Å². The van der Waals surface area contributed by atoms with Crippen LogP contribution in [0.15, 0.2) is 17.7 Å². The molecule has 0 unspecified atom stereocenters. The van der Waals surface area contributed by atoms with Gasteiger partial charge in [-0.05, 0) is 39.6 Å². The van der Waals surface area contributed by atoms with Crippen molar-refractivity contribution >= 4 is 13.0 Å². The molecule has 1 aromatic rings. The Hall–Kier alpha value is -1.74. The lowest BCUT2D eigenvalue weighted by molar-refractivity contribution is 0.00578. The zero-order valence-corrected chi connectivity index (χ0v) is 15.8. The Bertz CT molecular complexity index is 730. The van der Waals surface area contributed by atoms with Gasteiger partial charge in [-0.2, -0.15) is 5.10 Å². The smallest absolute Gasteiger partial charge is 0.400 e. The largest absolute Gasteiger partial charge is 0.490 e. The Labute approximate surface area is 152 Å². The van der Waals surface area contributed by atoms with Crippen LogP contribution < -0.4 is 0 Å². The molecule has 1 amide bonds. The fourth-order valence-corrected chi connectivity index (χ4v) is 3.08. The van der Waals surface area contributed by atoms with Crippen molar-refractivity contribution in [2.45, 2.75) is 51.7 Å². The third-order valence-corrected chi connectivity index (χ3v) is 5.38. The predicted molar refractivity (Wildman–Crippen MR) is 92.9 cm³/mol. The summed E-state index contributed by atoms with van der Waals surface area (Å²) in [5, 5.41) is 3.70. The van der Waals surface area contributed by atoms with Crippen LogP contribution in [0.25, 0.3) is 0 Å². The van der Waals surface area contributed by atoms with Gasteiger partial charge in [0, 0.05) is 26.3 Å². The van der Waals surface area contributed by atoms with Crippen molar-refractivity contribution in [3.8, 4) is 0 Å². The van der Waals surface area contributed by atoms with E-state index in [1.54, 1.807) is 0 Å². The first kappa shape index (κ1) is 19.0. The van der Waals surface area contributed by atoms with E-state index >= 15 is 0 Å². The van der Waals surface area contributed by atoms with E-state index in [2.05, 4.69) is 5.10 Å². The van der Waals surface area contributed by atoms with Gasteiger partial charge in [0.05, 0.1) is 16.8 Å². The number of rotatable bonds is 3. The number of carbonyl (C=O) groups excluding carboxylic acids is 1. The van der Waals surface area contributed by atoms with E-state index in [-0.39, 0.29) is 5.56 Å². The Balaban J connectivity index is 1.71. The fourth-order valence-electron chi connectivity index (χ4n) is 3.08. The van der Waals surface area contributed by atoms with Gasteiger partial charge in [-0.25, -0.2) is 8.78 Å². The number of carbonyl (C=O) groups is 1. The van der Waals surface area contributed by atoms with Gasteiger partial charge in [0.25, 0.3) is 12.3 Å². The van der Waals surface area contributed by atoms with Crippen molar-refractivity contribution in [3.63, 3.8) is 0 Å². The highest BCUT2D eigenvalue weighted by Gasteiger charge is 2.52. The van der Waals surface area contributed by atoms with Crippen molar-refractivity contribution in [2.75, 3.05) is 13.1 Å². The third-order valence-electron chi connectivity index (χ3n) is 5.38. The van der Waals surface area contributed by atoms with Crippen molar-refractivity contribution in [3.05, 3.63) is 29.0 Å². The van der Waals surface area contributed by atoms with Gasteiger partial charge < -0.3 is 14.2 Å². The molecule has 0 bridgehead atoms. The molecule has 3 rings (SSSR count). The van der Waals surface area contributed by atoms with Crippen molar-refractivity contribution in [1.82, 2.24) is 14.7 Å². The normalized spacial score (nSPS) is 22.1. The van der Waals surface area contributed by atoms with Crippen LogP contribution in [0.2, 0.25) is 0 Å². The minimum atomic E-state index is -2.78. The van der Waals surface area contributed by atoms with Crippen LogP contribution in [0.1, 0.15) is 56.6 Å². The van der Waals surface area contributed by atoms with Crippen LogP contribution in [0.3, 0.4) is 0 Å². The van der Waals surface area contributed by atoms with Gasteiger partial charge in [-0.1, -0.05) is 6.08 Å². The summed E-state index contributed by atoms with van der Waals surface area (Å²) in [4.78, 5) is 14.2. The van der Waals surface area contributed by atoms with E-state index in [0.717, 1.165) is 5.47 Å². The number of halogens is 2. The summed E-state index contributed by atoms with van der Waals surface area (Å²) in [6.45, 7) is 8.70. The first-order valence-corrected chi connectivity index (χ1v) is 8.67. The summed E-state index contributed by atoms with van der Waals surface area (Å²) in [6.07, 6.45) is 1.03. The first-order valence-electron chi connectivity index (χ1n) is 8.67. The van der Waals surface area contributed by atoms with E-state index in [1.165, 1.54) is 22.8 Å². The number of amides is 1. The van der Waals surface area contributed by atoms with E-state index in [9.17, 15) is 13.6 Å². The second kappa shape index (κ2) is 6.46. The quantitative estimate of drug-likeness (QED) is 0.771. The summed E-state index contributed by atoms with van der Waals surface area (Å²) >= 11 is 0. The summed E-state index contributed by atoms with van der Waals surface area (Å²) in [7, 11) is 1.09. The van der Waals surface area contributed by atoms with Crippen LogP contribution in [0.4, 0.5) is 8.78 Å². The Kier molecular flexibility index (Phi) is 4.73. The number of hydrogen-bond donors (Lipinski definition) is 0. The molecule has 0 radical (unpaired) electrons. The number of alkyl halides is 2. The molecule has 1 aromatic heterocycles. The second-order valence-electron chi connectivity index (χ2n) is 7.77. The predicted octanol–water partition coefficient (Wildman–Crippen LogP) is 2.76. The molecule has 0 atom stereocenters. The summed E-state index contributed by atoms with van der Waals surface area (Å²) in [6, 6.07) is 0. The average Bonchev–Trinajstić information content (AvgIpc) is 3.04. The monoisotopic (exact) mass is 367 g/mol. The van der Waals surface area contributed by atoms with Gasteiger partial charge in [-0.3, -0.25) is 9.48 Å². The van der Waals surface area contributed by atoms with Crippen LogP contribution in [-0.2, 0) is 16.4 Å². The minimum Gasteiger partial charge on any atom is -0.400 e. The molecule has 2 aliphatic heterocycles. The minimum absolute atomic E-state index is 0.0463. The van der Waals surface area contributed by atoms with Gasteiger partial charge in [0.2, 0.25) is 0 Å². The summed E-state index contributed by atoms with van der Waals surface area (Å²) in [5.41, 5.74) is -0.387. The van der Waals surface area contributed by atoms with Crippen LogP contribution in [0, 0.1) is 0 Å². The van der Waals surface area contributed by atoms with Gasteiger partial charge in [0.15, 0.2) is 0 Å². The highest BCUT2D eigenvalue weighted by atomic mass is 19.3. The lowest BCUT2D eigenvalue weighted by atomic mass is 9.74. The molecule has 9 heteroatoms. The number of nitrogens with zero attached hydrogens (tertiary/aromatic N) is 3. The molecular formula is C17H24BF2N3O3. The number of aryl methyl sites for hydroxylation is 1. The maximum Gasteiger partial charge on any atom is 0.490 e. The third kappa shape index (κ3) is 3.30. The zero-order valence-electron chi connectivity index (χ0n) is 15.8. The van der Waals surface area contributed by atoms with Gasteiger partial charge in [0.1, 0.15) is 5.69 Å². The molecule has 26 heavy (non-hydrogen) atoms. The molecule has 2 aliphatic rings. The summed E-state index contributed by atoms with van der Waals surface area (Å²) < 4.78 is 39.5. The second-order valence-corrected chi connectivity index (χ2v) is 7.77. The van der Waals surface area contributed by atoms with Crippen molar-refractivity contribution in [1.29, 1.82) is 0 Å². The molecule has 0 aliphatic carbocycles. The highest BCUT2D eigenvalue weighted by Crippen LogP contribution is 2.39. The molecule has 3 heterocycles. The molecule has 6 nitrogen and oxygen atoms in total. The molecule has 1 saturated heterocycles. The van der Waals surface area contributed by atoms with Gasteiger partial charge >= 0.3 is 7.12 Å². The fraction of sp³-hybridized carbons (Fsp3) is 0.647. The lowest BCUT2D eigenvalue weighted by Crippen LogP contribution is -2.41.